The van der Waals surface area contributed by atoms with Gasteiger partial charge in [-0.05, 0) is 55.9 Å². The lowest BCUT2D eigenvalue weighted by Gasteiger charge is -2.25. The van der Waals surface area contributed by atoms with Crippen molar-refractivity contribution in [3.05, 3.63) is 64.7 Å². The lowest BCUT2D eigenvalue weighted by molar-refractivity contribution is 0.0736. The Kier molecular flexibility index (Phi) is 6.96. The maximum atomic E-state index is 13.3. The number of carbonyl (C=O) groups is 1. The number of amides is 1. The molecule has 0 aliphatic carbocycles. The normalized spacial score (nSPS) is 21.5. The fourth-order valence-electron chi connectivity index (χ4n) is 4.30. The molecule has 1 amide bonds. The predicted molar refractivity (Wildman–Crippen MR) is 120 cm³/mol. The van der Waals surface area contributed by atoms with Crippen LogP contribution in [0.3, 0.4) is 0 Å². The van der Waals surface area contributed by atoms with Crippen LogP contribution in [-0.2, 0) is 21.2 Å². The van der Waals surface area contributed by atoms with E-state index in [1.54, 1.807) is 6.07 Å². The lowest BCUT2D eigenvalue weighted by Crippen LogP contribution is -2.37. The Labute approximate surface area is 188 Å². The largest absolute Gasteiger partial charge is 0.377 e. The molecule has 2 heterocycles. The smallest absolute Gasteiger partial charge is 0.254 e. The summed E-state index contributed by atoms with van der Waals surface area (Å²) in [5, 5.41) is 0.0960. The average Bonchev–Trinajstić information content (AvgIpc) is 3.45. The number of nitrogens with zero attached hydrogens (tertiary/aromatic N) is 1. The van der Waals surface area contributed by atoms with Crippen molar-refractivity contribution in [3.63, 3.8) is 0 Å². The first-order chi connectivity index (χ1) is 14.9. The number of hydrogen-bond donors (Lipinski definition) is 1. The van der Waals surface area contributed by atoms with Crippen LogP contribution in [0.15, 0.2) is 53.4 Å². The molecule has 0 aromatic heterocycles. The molecular weight excluding hydrogens is 436 g/mol. The van der Waals surface area contributed by atoms with Crippen LogP contribution >= 0.6 is 11.6 Å². The van der Waals surface area contributed by atoms with E-state index in [1.165, 1.54) is 17.7 Å². The summed E-state index contributed by atoms with van der Waals surface area (Å²) in [6.45, 7) is 1.51. The molecule has 1 N–H and O–H groups in total. The molecule has 2 unspecified atom stereocenters. The van der Waals surface area contributed by atoms with Crippen LogP contribution in [0.25, 0.3) is 0 Å². The van der Waals surface area contributed by atoms with E-state index in [4.69, 9.17) is 16.3 Å². The molecule has 2 aromatic rings. The molecule has 2 aromatic carbocycles. The second kappa shape index (κ2) is 9.69. The fraction of sp³-hybridized carbons (Fsp3) is 0.435. The van der Waals surface area contributed by atoms with Gasteiger partial charge in [-0.1, -0.05) is 41.9 Å². The lowest BCUT2D eigenvalue weighted by atomic mass is 10.0. The van der Waals surface area contributed by atoms with E-state index in [-0.39, 0.29) is 34.5 Å². The highest BCUT2D eigenvalue weighted by atomic mass is 35.5. The Morgan fingerprint density at radius 1 is 1.13 bits per heavy atom. The minimum atomic E-state index is -3.85. The number of rotatable bonds is 7. The van der Waals surface area contributed by atoms with Crippen LogP contribution in [0, 0.1) is 0 Å². The van der Waals surface area contributed by atoms with Crippen LogP contribution in [0.5, 0.6) is 0 Å². The first kappa shape index (κ1) is 22.3. The molecule has 0 radical (unpaired) electrons. The second-order valence-electron chi connectivity index (χ2n) is 8.12. The molecule has 2 aliphatic rings. The summed E-state index contributed by atoms with van der Waals surface area (Å²) >= 11 is 6.20. The molecular formula is C23H27ClN2O4S. The number of halogens is 1. The van der Waals surface area contributed by atoms with Gasteiger partial charge in [-0.15, -0.1) is 0 Å². The van der Waals surface area contributed by atoms with Crippen LogP contribution in [0.1, 0.15) is 41.6 Å². The SMILES string of the molecule is O=C(c1ccc(Cl)c(S(=O)(=O)NCC2CCCO2)c1)N1CCCC1Cc1ccccc1. The third kappa shape index (κ3) is 5.29. The zero-order valence-corrected chi connectivity index (χ0v) is 18.9. The first-order valence-electron chi connectivity index (χ1n) is 10.7. The van der Waals surface area contributed by atoms with E-state index in [1.807, 2.05) is 23.1 Å². The minimum absolute atomic E-state index is 0.0724. The molecule has 4 rings (SSSR count). The highest BCUT2D eigenvalue weighted by Crippen LogP contribution is 2.27. The molecule has 0 spiro atoms. The standard InChI is InChI=1S/C23H27ClN2O4S/c24-21-11-10-18(15-22(21)31(28,29)25-16-20-9-5-13-30-20)23(27)26-12-4-8-19(26)14-17-6-2-1-3-7-17/h1-3,6-7,10-11,15,19-20,25H,4-5,8-9,12-14,16H2. The van der Waals surface area contributed by atoms with Crippen molar-refractivity contribution in [2.75, 3.05) is 19.7 Å². The van der Waals surface area contributed by atoms with Gasteiger partial charge in [-0.25, -0.2) is 13.1 Å². The van der Waals surface area contributed by atoms with Gasteiger partial charge in [0.05, 0.1) is 11.1 Å². The van der Waals surface area contributed by atoms with Gasteiger partial charge in [-0.3, -0.25) is 4.79 Å². The molecule has 0 saturated carbocycles. The predicted octanol–water partition coefficient (Wildman–Crippen LogP) is 3.64. The van der Waals surface area contributed by atoms with Crippen molar-refractivity contribution < 1.29 is 17.9 Å². The van der Waals surface area contributed by atoms with Crippen molar-refractivity contribution in [3.8, 4) is 0 Å². The van der Waals surface area contributed by atoms with E-state index in [2.05, 4.69) is 16.9 Å². The number of likely N-dealkylation sites (tertiary alicyclic amines) is 1. The summed E-state index contributed by atoms with van der Waals surface area (Å²) in [5.74, 6) is -0.161. The van der Waals surface area contributed by atoms with Crippen LogP contribution in [0.4, 0.5) is 0 Å². The molecule has 2 aliphatic heterocycles. The van der Waals surface area contributed by atoms with E-state index in [9.17, 15) is 13.2 Å². The molecule has 166 valence electrons. The summed E-state index contributed by atoms with van der Waals surface area (Å²) in [6.07, 6.45) is 4.28. The van der Waals surface area contributed by atoms with Gasteiger partial charge < -0.3 is 9.64 Å². The second-order valence-corrected chi connectivity index (χ2v) is 10.3. The topological polar surface area (TPSA) is 75.7 Å². The van der Waals surface area contributed by atoms with Crippen molar-refractivity contribution >= 4 is 27.5 Å². The van der Waals surface area contributed by atoms with Gasteiger partial charge in [0.2, 0.25) is 10.0 Å². The average molecular weight is 463 g/mol. The highest BCUT2D eigenvalue weighted by Gasteiger charge is 2.31. The molecule has 6 nitrogen and oxygen atoms in total. The zero-order chi connectivity index (χ0) is 21.8. The first-order valence-corrected chi connectivity index (χ1v) is 12.6. The number of carbonyl (C=O) groups excluding carboxylic acids is 1. The number of hydrogen-bond acceptors (Lipinski definition) is 4. The van der Waals surface area contributed by atoms with E-state index < -0.39 is 10.0 Å². The van der Waals surface area contributed by atoms with Gasteiger partial charge in [0.15, 0.2) is 0 Å². The van der Waals surface area contributed by atoms with Gasteiger partial charge in [0, 0.05) is 31.3 Å². The molecule has 2 fully saturated rings. The van der Waals surface area contributed by atoms with Crippen molar-refractivity contribution in [1.82, 2.24) is 9.62 Å². The maximum absolute atomic E-state index is 13.3. The summed E-state index contributed by atoms with van der Waals surface area (Å²) in [7, 11) is -3.85. The molecule has 0 bridgehead atoms. The number of ether oxygens (including phenoxy) is 1. The third-order valence-electron chi connectivity index (χ3n) is 5.94. The number of nitrogens with one attached hydrogen (secondary N) is 1. The van der Waals surface area contributed by atoms with Gasteiger partial charge in [0.25, 0.3) is 5.91 Å². The monoisotopic (exact) mass is 462 g/mol. The van der Waals surface area contributed by atoms with Gasteiger partial charge in [-0.2, -0.15) is 0 Å². The summed E-state index contributed by atoms with van der Waals surface area (Å²) < 4.78 is 33.7. The Balaban J connectivity index is 1.50. The highest BCUT2D eigenvalue weighted by molar-refractivity contribution is 7.89. The van der Waals surface area contributed by atoms with Crippen LogP contribution < -0.4 is 4.72 Å². The van der Waals surface area contributed by atoms with Crippen LogP contribution in [0.2, 0.25) is 5.02 Å². The number of benzene rings is 2. The third-order valence-corrected chi connectivity index (χ3v) is 7.85. The Morgan fingerprint density at radius 3 is 2.68 bits per heavy atom. The zero-order valence-electron chi connectivity index (χ0n) is 17.3. The molecule has 31 heavy (non-hydrogen) atoms. The summed E-state index contributed by atoms with van der Waals surface area (Å²) in [5.41, 5.74) is 1.52. The molecule has 8 heteroatoms. The number of sulfonamides is 1. The maximum Gasteiger partial charge on any atom is 0.254 e. The summed E-state index contributed by atoms with van der Waals surface area (Å²) in [6, 6.07) is 14.7. The quantitative estimate of drug-likeness (QED) is 0.681. The van der Waals surface area contributed by atoms with Crippen molar-refractivity contribution in [1.29, 1.82) is 0 Å². The van der Waals surface area contributed by atoms with Gasteiger partial charge >= 0.3 is 0 Å². The summed E-state index contributed by atoms with van der Waals surface area (Å²) in [4.78, 5) is 15.0. The van der Waals surface area contributed by atoms with Crippen molar-refractivity contribution in [2.45, 2.75) is 49.1 Å². The van der Waals surface area contributed by atoms with E-state index in [0.29, 0.717) is 18.7 Å². The van der Waals surface area contributed by atoms with Crippen LogP contribution in [-0.4, -0.2) is 51.1 Å². The Morgan fingerprint density at radius 2 is 1.94 bits per heavy atom. The van der Waals surface area contributed by atoms with Gasteiger partial charge in [0.1, 0.15) is 4.90 Å². The molecule has 2 saturated heterocycles. The molecule has 2 atom stereocenters. The Hall–Kier alpha value is -1.93. The van der Waals surface area contributed by atoms with E-state index in [0.717, 1.165) is 32.1 Å². The minimum Gasteiger partial charge on any atom is -0.377 e. The Bertz CT molecular complexity index is 1020. The fourth-order valence-corrected chi connectivity index (χ4v) is 5.89. The van der Waals surface area contributed by atoms with Crippen molar-refractivity contribution in [2.24, 2.45) is 0 Å². The van der Waals surface area contributed by atoms with E-state index >= 15 is 0 Å².